The second-order valence-corrected chi connectivity index (χ2v) is 11.9. The SMILES string of the molecule is C[C@H](CCC(O)CC#N)C1CCC2C3CC[C@H]4CC(O)CCC4(C)C3CCC21C. The molecule has 29 heavy (non-hydrogen) atoms. The zero-order valence-electron chi connectivity index (χ0n) is 18.9. The molecular formula is C26H43NO2. The lowest BCUT2D eigenvalue weighted by atomic mass is 9.44. The number of aliphatic hydroxyl groups is 2. The van der Waals surface area contributed by atoms with Gasteiger partial charge in [-0.1, -0.05) is 20.8 Å². The Morgan fingerprint density at radius 2 is 1.69 bits per heavy atom. The first-order chi connectivity index (χ1) is 13.8. The highest BCUT2D eigenvalue weighted by molar-refractivity contribution is 5.09. The van der Waals surface area contributed by atoms with E-state index in [1.807, 2.05) is 0 Å². The maximum absolute atomic E-state index is 10.2. The summed E-state index contributed by atoms with van der Waals surface area (Å²) in [6.07, 6.45) is 13.2. The third-order valence-electron chi connectivity index (χ3n) is 10.7. The summed E-state index contributed by atoms with van der Waals surface area (Å²) in [7, 11) is 0. The molecule has 8 unspecified atom stereocenters. The molecule has 3 nitrogen and oxygen atoms in total. The van der Waals surface area contributed by atoms with Crippen LogP contribution in [0.25, 0.3) is 0 Å². The van der Waals surface area contributed by atoms with Crippen molar-refractivity contribution in [3.05, 3.63) is 0 Å². The lowest BCUT2D eigenvalue weighted by Gasteiger charge is -2.61. The fraction of sp³-hybridized carbons (Fsp3) is 0.962. The van der Waals surface area contributed by atoms with Gasteiger partial charge < -0.3 is 10.2 Å². The van der Waals surface area contributed by atoms with Gasteiger partial charge in [0.2, 0.25) is 0 Å². The van der Waals surface area contributed by atoms with Gasteiger partial charge in [-0.25, -0.2) is 0 Å². The third-order valence-corrected chi connectivity index (χ3v) is 10.7. The number of rotatable bonds is 5. The Morgan fingerprint density at radius 3 is 2.45 bits per heavy atom. The van der Waals surface area contributed by atoms with Gasteiger partial charge in [0.05, 0.1) is 24.7 Å². The minimum atomic E-state index is -0.444. The van der Waals surface area contributed by atoms with Crippen molar-refractivity contribution in [2.24, 2.45) is 46.3 Å². The second kappa shape index (κ2) is 8.16. The van der Waals surface area contributed by atoms with Crippen LogP contribution in [0.15, 0.2) is 0 Å². The molecule has 0 amide bonds. The van der Waals surface area contributed by atoms with Crippen molar-refractivity contribution < 1.29 is 10.2 Å². The Balaban J connectivity index is 1.45. The minimum Gasteiger partial charge on any atom is -0.393 e. The van der Waals surface area contributed by atoms with Crippen molar-refractivity contribution in [1.29, 1.82) is 5.26 Å². The van der Waals surface area contributed by atoms with Gasteiger partial charge in [-0.15, -0.1) is 0 Å². The maximum Gasteiger partial charge on any atom is 0.0670 e. The summed E-state index contributed by atoms with van der Waals surface area (Å²) in [6.45, 7) is 7.59. The van der Waals surface area contributed by atoms with Crippen LogP contribution in [0.3, 0.4) is 0 Å². The van der Waals surface area contributed by atoms with Gasteiger partial charge in [0.15, 0.2) is 0 Å². The normalized spacial score (nSPS) is 48.7. The monoisotopic (exact) mass is 401 g/mol. The molecule has 4 rings (SSSR count). The summed E-state index contributed by atoms with van der Waals surface area (Å²) in [4.78, 5) is 0. The van der Waals surface area contributed by atoms with Gasteiger partial charge in [-0.2, -0.15) is 5.26 Å². The molecule has 4 aliphatic carbocycles. The molecule has 0 bridgehead atoms. The third kappa shape index (κ3) is 3.67. The van der Waals surface area contributed by atoms with Gasteiger partial charge in [0.1, 0.15) is 0 Å². The average Bonchev–Trinajstić information content (AvgIpc) is 3.04. The zero-order valence-corrected chi connectivity index (χ0v) is 18.9. The van der Waals surface area contributed by atoms with E-state index in [1.54, 1.807) is 0 Å². The van der Waals surface area contributed by atoms with Crippen molar-refractivity contribution in [2.45, 2.75) is 110 Å². The fourth-order valence-corrected chi connectivity index (χ4v) is 9.07. The van der Waals surface area contributed by atoms with Crippen LogP contribution >= 0.6 is 0 Å². The van der Waals surface area contributed by atoms with Crippen molar-refractivity contribution in [2.75, 3.05) is 0 Å². The molecular weight excluding hydrogens is 358 g/mol. The average molecular weight is 402 g/mol. The van der Waals surface area contributed by atoms with E-state index in [-0.39, 0.29) is 12.5 Å². The Labute approximate surface area is 178 Å². The quantitative estimate of drug-likeness (QED) is 0.621. The van der Waals surface area contributed by atoms with Crippen LogP contribution < -0.4 is 0 Å². The summed E-state index contributed by atoms with van der Waals surface area (Å²) in [5.41, 5.74) is 0.937. The molecule has 4 saturated carbocycles. The smallest absolute Gasteiger partial charge is 0.0670 e. The van der Waals surface area contributed by atoms with Crippen LogP contribution in [-0.2, 0) is 0 Å². The number of nitrogens with zero attached hydrogens (tertiary/aromatic N) is 1. The summed E-state index contributed by atoms with van der Waals surface area (Å²) in [6, 6.07) is 2.11. The van der Waals surface area contributed by atoms with Crippen LogP contribution in [0.1, 0.15) is 97.8 Å². The fourth-order valence-electron chi connectivity index (χ4n) is 9.07. The molecule has 0 aromatic heterocycles. The molecule has 0 aliphatic heterocycles. The molecule has 10 atom stereocenters. The van der Waals surface area contributed by atoms with Gasteiger partial charge in [-0.3, -0.25) is 0 Å². The van der Waals surface area contributed by atoms with Crippen molar-refractivity contribution in [3.8, 4) is 6.07 Å². The van der Waals surface area contributed by atoms with E-state index in [1.165, 1.54) is 44.9 Å². The van der Waals surface area contributed by atoms with Crippen molar-refractivity contribution in [3.63, 3.8) is 0 Å². The summed E-state index contributed by atoms with van der Waals surface area (Å²) >= 11 is 0. The summed E-state index contributed by atoms with van der Waals surface area (Å²) in [5, 5.41) is 29.1. The molecule has 3 heteroatoms. The Bertz CT molecular complexity index is 629. The zero-order chi connectivity index (χ0) is 20.8. The van der Waals surface area contributed by atoms with E-state index in [0.717, 1.165) is 55.3 Å². The van der Waals surface area contributed by atoms with E-state index in [4.69, 9.17) is 5.26 Å². The van der Waals surface area contributed by atoms with E-state index < -0.39 is 6.10 Å². The lowest BCUT2D eigenvalue weighted by Crippen LogP contribution is -2.54. The second-order valence-electron chi connectivity index (χ2n) is 11.9. The molecule has 0 aromatic rings. The van der Waals surface area contributed by atoms with Crippen LogP contribution in [0.5, 0.6) is 0 Å². The summed E-state index contributed by atoms with van der Waals surface area (Å²) in [5.74, 6) is 4.81. The Kier molecular flexibility index (Phi) is 6.09. The highest BCUT2D eigenvalue weighted by Crippen LogP contribution is 2.68. The van der Waals surface area contributed by atoms with E-state index >= 15 is 0 Å². The Hall–Kier alpha value is -0.590. The topological polar surface area (TPSA) is 64.2 Å². The van der Waals surface area contributed by atoms with E-state index in [2.05, 4.69) is 26.8 Å². The highest BCUT2D eigenvalue weighted by Gasteiger charge is 2.60. The van der Waals surface area contributed by atoms with Crippen LogP contribution in [0.4, 0.5) is 0 Å². The van der Waals surface area contributed by atoms with E-state index in [9.17, 15) is 10.2 Å². The molecule has 2 N–H and O–H groups in total. The van der Waals surface area contributed by atoms with Crippen LogP contribution in [-0.4, -0.2) is 22.4 Å². The minimum absolute atomic E-state index is 0.0495. The molecule has 0 saturated heterocycles. The molecule has 164 valence electrons. The van der Waals surface area contributed by atoms with Crippen LogP contribution in [0, 0.1) is 57.7 Å². The van der Waals surface area contributed by atoms with Crippen LogP contribution in [0.2, 0.25) is 0 Å². The molecule has 0 radical (unpaired) electrons. The number of aliphatic hydroxyl groups excluding tert-OH is 2. The molecule has 0 spiro atoms. The van der Waals surface area contributed by atoms with Gasteiger partial charge in [0, 0.05) is 0 Å². The number of hydrogen-bond donors (Lipinski definition) is 2. The first kappa shape index (κ1) is 21.6. The first-order valence-electron chi connectivity index (χ1n) is 12.5. The number of nitriles is 1. The standard InChI is InChI=1S/C26H43NO2/c1-17(4-6-19(28)12-15-27)22-8-9-23-21-7-5-18-16-20(29)10-13-25(18,2)24(21)11-14-26(22,23)3/h17-24,28-29H,4-14,16H2,1-3H3/t17-,18+,19?,20?,21?,22?,23?,24?,25?,26?/m1/s1. The van der Waals surface area contributed by atoms with Crippen molar-refractivity contribution >= 4 is 0 Å². The molecule has 4 fully saturated rings. The Morgan fingerprint density at radius 1 is 0.966 bits per heavy atom. The number of hydrogen-bond acceptors (Lipinski definition) is 3. The van der Waals surface area contributed by atoms with Gasteiger partial charge >= 0.3 is 0 Å². The van der Waals surface area contributed by atoms with Gasteiger partial charge in [-0.05, 0) is 117 Å². The van der Waals surface area contributed by atoms with Crippen molar-refractivity contribution in [1.82, 2.24) is 0 Å². The van der Waals surface area contributed by atoms with Gasteiger partial charge in [0.25, 0.3) is 0 Å². The van der Waals surface area contributed by atoms with E-state index in [0.29, 0.717) is 16.7 Å². The number of fused-ring (bicyclic) bond motifs is 5. The summed E-state index contributed by atoms with van der Waals surface area (Å²) < 4.78 is 0. The predicted octanol–water partition coefficient (Wildman–Crippen LogP) is 5.70. The molecule has 0 heterocycles. The molecule has 4 aliphatic rings. The predicted molar refractivity (Wildman–Crippen MR) is 116 cm³/mol. The highest BCUT2D eigenvalue weighted by atomic mass is 16.3. The largest absolute Gasteiger partial charge is 0.393 e. The first-order valence-corrected chi connectivity index (χ1v) is 12.5. The lowest BCUT2D eigenvalue weighted by molar-refractivity contribution is -0.129. The molecule has 0 aromatic carbocycles. The maximum atomic E-state index is 10.2.